The number of aromatic hydroxyl groups is 1. The lowest BCUT2D eigenvalue weighted by molar-refractivity contribution is 0.0714. The molecule has 2 atom stereocenters. The number of aryl methyl sites for hydroxylation is 2. The summed E-state index contributed by atoms with van der Waals surface area (Å²) in [6, 6.07) is 17.1. The standard InChI is InChI=1S/C19H24O3/c20-17-10-6-16(7-11-17)9-13-19(22)14-18(21)12-8-15-4-2-1-3-5-15/h1-7,10-11,18-22H,8-9,12-14H2/t18-,19+/m0/s1. The van der Waals surface area contributed by atoms with Crippen LogP contribution < -0.4 is 0 Å². The summed E-state index contributed by atoms with van der Waals surface area (Å²) in [5.74, 6) is 0.251. The van der Waals surface area contributed by atoms with Crippen LogP contribution in [0.2, 0.25) is 0 Å². The summed E-state index contributed by atoms with van der Waals surface area (Å²) in [5.41, 5.74) is 2.29. The summed E-state index contributed by atoms with van der Waals surface area (Å²) in [7, 11) is 0. The Morgan fingerprint density at radius 3 is 1.73 bits per heavy atom. The first-order valence-electron chi connectivity index (χ1n) is 7.81. The van der Waals surface area contributed by atoms with Crippen molar-refractivity contribution in [1.82, 2.24) is 0 Å². The van der Waals surface area contributed by atoms with Crippen molar-refractivity contribution in [3.8, 4) is 5.75 Å². The maximum atomic E-state index is 10.0. The van der Waals surface area contributed by atoms with Gasteiger partial charge in [0.05, 0.1) is 12.2 Å². The van der Waals surface area contributed by atoms with E-state index < -0.39 is 12.2 Å². The molecule has 2 rings (SSSR count). The predicted molar refractivity (Wildman–Crippen MR) is 87.8 cm³/mol. The summed E-state index contributed by atoms with van der Waals surface area (Å²) in [5, 5.41) is 29.3. The summed E-state index contributed by atoms with van der Waals surface area (Å²) >= 11 is 0. The van der Waals surface area contributed by atoms with E-state index in [1.165, 1.54) is 5.56 Å². The Morgan fingerprint density at radius 2 is 1.18 bits per heavy atom. The normalized spacial score (nSPS) is 13.7. The third-order valence-corrected chi connectivity index (χ3v) is 3.86. The molecule has 2 aromatic carbocycles. The molecule has 0 aliphatic carbocycles. The Hall–Kier alpha value is -1.84. The van der Waals surface area contributed by atoms with Crippen LogP contribution in [-0.2, 0) is 12.8 Å². The molecule has 3 heteroatoms. The number of phenolic OH excluding ortho intramolecular Hbond substituents is 1. The van der Waals surface area contributed by atoms with Gasteiger partial charge in [0.1, 0.15) is 5.75 Å². The SMILES string of the molecule is Oc1ccc(CC[C@@H](O)C[C@@H](O)CCc2ccccc2)cc1. The van der Waals surface area contributed by atoms with Crippen LogP contribution in [0.4, 0.5) is 0 Å². The molecule has 0 saturated heterocycles. The Labute approximate surface area is 131 Å². The van der Waals surface area contributed by atoms with Crippen molar-refractivity contribution in [3.05, 3.63) is 65.7 Å². The Morgan fingerprint density at radius 1 is 0.682 bits per heavy atom. The lowest BCUT2D eigenvalue weighted by atomic mass is 9.99. The molecule has 0 bridgehead atoms. The summed E-state index contributed by atoms with van der Waals surface area (Å²) in [6.07, 6.45) is 2.28. The lowest BCUT2D eigenvalue weighted by Crippen LogP contribution is -2.19. The van der Waals surface area contributed by atoms with Gasteiger partial charge >= 0.3 is 0 Å². The smallest absolute Gasteiger partial charge is 0.115 e. The Kier molecular flexibility index (Phi) is 6.44. The fraction of sp³-hybridized carbons (Fsp3) is 0.368. The average molecular weight is 300 g/mol. The van der Waals surface area contributed by atoms with Crippen molar-refractivity contribution in [2.75, 3.05) is 0 Å². The molecule has 0 spiro atoms. The van der Waals surface area contributed by atoms with E-state index in [-0.39, 0.29) is 5.75 Å². The molecular weight excluding hydrogens is 276 g/mol. The van der Waals surface area contributed by atoms with Gasteiger partial charge in [-0.05, 0) is 55.4 Å². The minimum absolute atomic E-state index is 0.251. The molecule has 0 amide bonds. The van der Waals surface area contributed by atoms with Gasteiger partial charge in [-0.2, -0.15) is 0 Å². The molecule has 0 aromatic heterocycles. The van der Waals surface area contributed by atoms with Gasteiger partial charge in [0.15, 0.2) is 0 Å². The minimum atomic E-state index is -0.500. The second kappa shape index (κ2) is 8.57. The van der Waals surface area contributed by atoms with Crippen molar-refractivity contribution in [2.24, 2.45) is 0 Å². The van der Waals surface area contributed by atoms with Crippen LogP contribution in [-0.4, -0.2) is 27.5 Å². The highest BCUT2D eigenvalue weighted by Gasteiger charge is 2.12. The number of aliphatic hydroxyl groups is 2. The van der Waals surface area contributed by atoms with E-state index in [1.807, 2.05) is 42.5 Å². The van der Waals surface area contributed by atoms with Crippen LogP contribution in [0.3, 0.4) is 0 Å². The summed E-state index contributed by atoms with van der Waals surface area (Å²) in [4.78, 5) is 0. The van der Waals surface area contributed by atoms with E-state index in [2.05, 4.69) is 0 Å². The van der Waals surface area contributed by atoms with Crippen LogP contribution in [0, 0.1) is 0 Å². The van der Waals surface area contributed by atoms with E-state index >= 15 is 0 Å². The molecule has 118 valence electrons. The predicted octanol–water partition coefficient (Wildman–Crippen LogP) is 3.07. The van der Waals surface area contributed by atoms with Gasteiger partial charge in [0.25, 0.3) is 0 Å². The van der Waals surface area contributed by atoms with Gasteiger partial charge in [-0.15, -0.1) is 0 Å². The van der Waals surface area contributed by atoms with Gasteiger partial charge in [0.2, 0.25) is 0 Å². The topological polar surface area (TPSA) is 60.7 Å². The fourth-order valence-electron chi connectivity index (χ4n) is 2.52. The minimum Gasteiger partial charge on any atom is -0.508 e. The molecule has 0 aliphatic rings. The van der Waals surface area contributed by atoms with Crippen molar-refractivity contribution in [1.29, 1.82) is 0 Å². The van der Waals surface area contributed by atoms with E-state index in [0.29, 0.717) is 19.3 Å². The van der Waals surface area contributed by atoms with Gasteiger partial charge in [-0.25, -0.2) is 0 Å². The van der Waals surface area contributed by atoms with Crippen LogP contribution in [0.5, 0.6) is 5.75 Å². The lowest BCUT2D eigenvalue weighted by Gasteiger charge is -2.15. The van der Waals surface area contributed by atoms with Crippen molar-refractivity contribution in [3.63, 3.8) is 0 Å². The molecule has 0 fully saturated rings. The second-order valence-corrected chi connectivity index (χ2v) is 5.77. The number of hydrogen-bond donors (Lipinski definition) is 3. The first kappa shape index (κ1) is 16.5. The highest BCUT2D eigenvalue weighted by atomic mass is 16.3. The zero-order valence-corrected chi connectivity index (χ0v) is 12.7. The Bertz CT molecular complexity index is 536. The summed E-state index contributed by atoms with van der Waals surface area (Å²) in [6.45, 7) is 0. The van der Waals surface area contributed by atoms with Gasteiger partial charge in [-0.1, -0.05) is 42.5 Å². The molecule has 2 aromatic rings. The molecule has 0 saturated carbocycles. The number of hydrogen-bond acceptors (Lipinski definition) is 3. The van der Waals surface area contributed by atoms with Gasteiger partial charge < -0.3 is 15.3 Å². The number of phenols is 1. The fourth-order valence-corrected chi connectivity index (χ4v) is 2.52. The highest BCUT2D eigenvalue weighted by molar-refractivity contribution is 5.25. The number of rotatable bonds is 8. The van der Waals surface area contributed by atoms with E-state index in [0.717, 1.165) is 18.4 Å². The number of benzene rings is 2. The molecule has 0 unspecified atom stereocenters. The van der Waals surface area contributed by atoms with E-state index in [1.54, 1.807) is 12.1 Å². The maximum absolute atomic E-state index is 10.0. The quantitative estimate of drug-likeness (QED) is 0.702. The molecule has 3 nitrogen and oxygen atoms in total. The van der Waals surface area contributed by atoms with Crippen LogP contribution in [0.1, 0.15) is 30.4 Å². The number of aliphatic hydroxyl groups excluding tert-OH is 2. The van der Waals surface area contributed by atoms with Crippen molar-refractivity contribution >= 4 is 0 Å². The Balaban J connectivity index is 1.67. The first-order chi connectivity index (χ1) is 10.6. The second-order valence-electron chi connectivity index (χ2n) is 5.77. The molecule has 0 radical (unpaired) electrons. The van der Waals surface area contributed by atoms with Crippen LogP contribution >= 0.6 is 0 Å². The van der Waals surface area contributed by atoms with Crippen molar-refractivity contribution < 1.29 is 15.3 Å². The third-order valence-electron chi connectivity index (χ3n) is 3.86. The van der Waals surface area contributed by atoms with Gasteiger partial charge in [0, 0.05) is 0 Å². The zero-order valence-electron chi connectivity index (χ0n) is 12.7. The van der Waals surface area contributed by atoms with E-state index in [9.17, 15) is 15.3 Å². The molecule has 22 heavy (non-hydrogen) atoms. The van der Waals surface area contributed by atoms with Crippen molar-refractivity contribution in [2.45, 2.75) is 44.3 Å². The largest absolute Gasteiger partial charge is 0.508 e. The molecule has 3 N–H and O–H groups in total. The molecule has 0 heterocycles. The van der Waals surface area contributed by atoms with Crippen LogP contribution in [0.15, 0.2) is 54.6 Å². The summed E-state index contributed by atoms with van der Waals surface area (Å²) < 4.78 is 0. The third kappa shape index (κ3) is 5.88. The molecule has 0 aliphatic heterocycles. The van der Waals surface area contributed by atoms with E-state index in [4.69, 9.17) is 0 Å². The maximum Gasteiger partial charge on any atom is 0.115 e. The first-order valence-corrected chi connectivity index (χ1v) is 7.81. The van der Waals surface area contributed by atoms with Crippen LogP contribution in [0.25, 0.3) is 0 Å². The monoisotopic (exact) mass is 300 g/mol. The van der Waals surface area contributed by atoms with Gasteiger partial charge in [-0.3, -0.25) is 0 Å². The zero-order chi connectivity index (χ0) is 15.8. The molecular formula is C19H24O3. The highest BCUT2D eigenvalue weighted by Crippen LogP contribution is 2.15. The average Bonchev–Trinajstić information content (AvgIpc) is 2.53.